The number of hydrogen-bond acceptors (Lipinski definition) is 3. The highest BCUT2D eigenvalue weighted by Crippen LogP contribution is 2.49. The molecule has 1 heterocycles. The minimum Gasteiger partial charge on any atom is -0.507 e. The number of ketones is 1. The number of halogens is 1. The number of aromatic hydroxyl groups is 1. The summed E-state index contributed by atoms with van der Waals surface area (Å²) in [4.78, 5) is 13.7. The van der Waals surface area contributed by atoms with Crippen molar-refractivity contribution in [3.8, 4) is 11.5 Å². The number of benzene rings is 3. The molecule has 0 aromatic heterocycles. The van der Waals surface area contributed by atoms with Crippen molar-refractivity contribution < 1.29 is 14.6 Å². The van der Waals surface area contributed by atoms with Crippen LogP contribution in [0.25, 0.3) is 0 Å². The van der Waals surface area contributed by atoms with Crippen LogP contribution in [-0.4, -0.2) is 17.0 Å². The van der Waals surface area contributed by atoms with Crippen molar-refractivity contribution >= 4 is 21.7 Å². The molecule has 3 nitrogen and oxygen atoms in total. The minimum atomic E-state index is -0.689. The molecule has 1 aliphatic heterocycles. The van der Waals surface area contributed by atoms with Gasteiger partial charge in [0.1, 0.15) is 11.5 Å². The molecule has 4 rings (SSSR count). The van der Waals surface area contributed by atoms with E-state index in [0.717, 1.165) is 26.7 Å². The molecular weight excluding hydrogens is 476 g/mol. The number of para-hydroxylation sites is 1. The van der Waals surface area contributed by atoms with Gasteiger partial charge >= 0.3 is 0 Å². The third-order valence-corrected chi connectivity index (χ3v) is 6.93. The highest BCUT2D eigenvalue weighted by atomic mass is 79.9. The number of ether oxygens (including phenoxy) is 1. The Morgan fingerprint density at radius 2 is 1.45 bits per heavy atom. The molecule has 1 N–H and O–H groups in total. The van der Waals surface area contributed by atoms with Crippen LogP contribution in [0.5, 0.6) is 11.5 Å². The highest BCUT2D eigenvalue weighted by Gasteiger charge is 2.42. The molecule has 3 aromatic rings. The van der Waals surface area contributed by atoms with E-state index in [1.165, 1.54) is 0 Å². The van der Waals surface area contributed by atoms with Crippen molar-refractivity contribution in [1.82, 2.24) is 0 Å². The van der Waals surface area contributed by atoms with E-state index in [1.54, 1.807) is 0 Å². The largest absolute Gasteiger partial charge is 0.507 e. The van der Waals surface area contributed by atoms with Crippen LogP contribution in [0.15, 0.2) is 65.1 Å². The predicted molar refractivity (Wildman–Crippen MR) is 137 cm³/mol. The summed E-state index contributed by atoms with van der Waals surface area (Å²) in [5.74, 6) is 0.705. The first-order valence-electron chi connectivity index (χ1n) is 11.3. The first kappa shape index (κ1) is 23.6. The lowest BCUT2D eigenvalue weighted by atomic mass is 9.75. The van der Waals surface area contributed by atoms with Gasteiger partial charge in [-0.05, 0) is 49.5 Å². The fourth-order valence-electron chi connectivity index (χ4n) is 4.56. The zero-order valence-corrected chi connectivity index (χ0v) is 21.7. The summed E-state index contributed by atoms with van der Waals surface area (Å²) in [6.07, 6.45) is -0.689. The number of phenols is 1. The molecular formula is C29H31BrO3. The van der Waals surface area contributed by atoms with Crippen LogP contribution < -0.4 is 4.74 Å². The third kappa shape index (κ3) is 4.33. The monoisotopic (exact) mass is 506 g/mol. The van der Waals surface area contributed by atoms with Crippen molar-refractivity contribution in [2.75, 3.05) is 0 Å². The van der Waals surface area contributed by atoms with Crippen LogP contribution in [0.2, 0.25) is 0 Å². The van der Waals surface area contributed by atoms with Crippen LogP contribution in [-0.2, 0) is 10.8 Å². The van der Waals surface area contributed by atoms with E-state index in [2.05, 4.69) is 69.6 Å². The molecule has 3 aromatic carbocycles. The Balaban J connectivity index is 1.96. The standard InChI is InChI=1S/C29H31BrO3/c1-28(2,3)20-15-18(16-21(25(20)32)29(4,5)6)23-19-13-10-14-22(30)26(19)33-27(23)24(31)17-11-8-7-9-12-17/h7-16,23,27,32H,1-6H3/t23-,27-/m0/s1. The number of Topliss-reactive ketones (excluding diaryl/α,β-unsaturated/α-hetero) is 1. The van der Waals surface area contributed by atoms with E-state index in [9.17, 15) is 9.90 Å². The summed E-state index contributed by atoms with van der Waals surface area (Å²) < 4.78 is 7.18. The quantitative estimate of drug-likeness (QED) is 0.373. The Kier molecular flexibility index (Phi) is 5.94. The first-order valence-corrected chi connectivity index (χ1v) is 12.1. The van der Waals surface area contributed by atoms with Gasteiger partial charge in [0.2, 0.25) is 5.78 Å². The maximum Gasteiger partial charge on any atom is 0.204 e. The number of hydrogen-bond donors (Lipinski definition) is 1. The summed E-state index contributed by atoms with van der Waals surface area (Å²) in [6.45, 7) is 12.6. The second-order valence-electron chi connectivity index (χ2n) is 10.9. The molecule has 2 atom stereocenters. The fraction of sp³-hybridized carbons (Fsp3) is 0.345. The Labute approximate surface area is 204 Å². The van der Waals surface area contributed by atoms with Gasteiger partial charge in [0, 0.05) is 11.1 Å². The van der Waals surface area contributed by atoms with Crippen LogP contribution in [0, 0.1) is 0 Å². The van der Waals surface area contributed by atoms with Crippen LogP contribution in [0.1, 0.15) is 80.1 Å². The van der Waals surface area contributed by atoms with Gasteiger partial charge in [0.15, 0.2) is 6.10 Å². The van der Waals surface area contributed by atoms with Gasteiger partial charge in [-0.15, -0.1) is 0 Å². The Hall–Kier alpha value is -2.59. The molecule has 0 aliphatic carbocycles. The summed E-state index contributed by atoms with van der Waals surface area (Å²) in [5, 5.41) is 11.2. The molecule has 0 unspecified atom stereocenters. The van der Waals surface area contributed by atoms with E-state index in [1.807, 2.05) is 48.5 Å². The summed E-state index contributed by atoms with van der Waals surface area (Å²) in [7, 11) is 0. The summed E-state index contributed by atoms with van der Waals surface area (Å²) in [6, 6.07) is 19.4. The van der Waals surface area contributed by atoms with Crippen molar-refractivity contribution in [3.63, 3.8) is 0 Å². The molecule has 0 saturated carbocycles. The predicted octanol–water partition coefficient (Wildman–Crippen LogP) is 7.53. The molecule has 1 aliphatic rings. The Morgan fingerprint density at radius 1 is 0.879 bits per heavy atom. The van der Waals surface area contributed by atoms with Crippen LogP contribution in [0.4, 0.5) is 0 Å². The second kappa shape index (κ2) is 8.32. The third-order valence-electron chi connectivity index (χ3n) is 6.30. The SMILES string of the molecule is CC(C)(C)c1cc([C@H]2c3cccc(Br)c3O[C@@H]2C(=O)c2ccccc2)cc(C(C)(C)C)c1O. The lowest BCUT2D eigenvalue weighted by molar-refractivity contribution is 0.0806. The van der Waals surface area contributed by atoms with Crippen molar-refractivity contribution in [1.29, 1.82) is 0 Å². The average Bonchev–Trinajstić information content (AvgIpc) is 3.13. The van der Waals surface area contributed by atoms with E-state index >= 15 is 0 Å². The maximum absolute atomic E-state index is 13.7. The molecule has 4 heteroatoms. The van der Waals surface area contributed by atoms with E-state index in [0.29, 0.717) is 17.1 Å². The maximum atomic E-state index is 13.7. The van der Waals surface area contributed by atoms with Crippen molar-refractivity contribution in [2.24, 2.45) is 0 Å². The molecule has 0 bridgehead atoms. The summed E-state index contributed by atoms with van der Waals surface area (Å²) >= 11 is 3.61. The van der Waals surface area contributed by atoms with Crippen molar-refractivity contribution in [2.45, 2.75) is 64.4 Å². The zero-order valence-electron chi connectivity index (χ0n) is 20.1. The number of rotatable bonds is 3. The molecule has 0 saturated heterocycles. The lowest BCUT2D eigenvalue weighted by Crippen LogP contribution is -2.30. The van der Waals surface area contributed by atoms with Crippen LogP contribution >= 0.6 is 15.9 Å². The smallest absolute Gasteiger partial charge is 0.204 e. The van der Waals surface area contributed by atoms with Gasteiger partial charge < -0.3 is 9.84 Å². The average molecular weight is 507 g/mol. The normalized spacial score (nSPS) is 18.0. The molecule has 0 amide bonds. The number of carbonyl (C=O) groups is 1. The van der Waals surface area contributed by atoms with Crippen LogP contribution in [0.3, 0.4) is 0 Å². The van der Waals surface area contributed by atoms with Crippen molar-refractivity contribution in [3.05, 3.63) is 93.0 Å². The molecule has 0 spiro atoms. The molecule has 0 fully saturated rings. The number of carbonyl (C=O) groups excluding carboxylic acids is 1. The van der Waals surface area contributed by atoms with E-state index < -0.39 is 6.10 Å². The van der Waals surface area contributed by atoms with E-state index in [-0.39, 0.29) is 22.5 Å². The molecule has 172 valence electrons. The lowest BCUT2D eigenvalue weighted by Gasteiger charge is -2.30. The zero-order chi connectivity index (χ0) is 24.1. The Bertz CT molecular complexity index is 1160. The number of fused-ring (bicyclic) bond motifs is 1. The fourth-order valence-corrected chi connectivity index (χ4v) is 5.03. The van der Waals surface area contributed by atoms with Gasteiger partial charge in [0.05, 0.1) is 10.4 Å². The van der Waals surface area contributed by atoms with Gasteiger partial charge in [-0.25, -0.2) is 0 Å². The van der Waals surface area contributed by atoms with E-state index in [4.69, 9.17) is 4.74 Å². The Morgan fingerprint density at radius 3 is 2.00 bits per heavy atom. The topological polar surface area (TPSA) is 46.5 Å². The summed E-state index contributed by atoms with van der Waals surface area (Å²) in [5.41, 5.74) is 3.80. The highest BCUT2D eigenvalue weighted by molar-refractivity contribution is 9.10. The second-order valence-corrected chi connectivity index (χ2v) is 11.7. The van der Waals surface area contributed by atoms with Gasteiger partial charge in [0.25, 0.3) is 0 Å². The minimum absolute atomic E-state index is 0.0496. The van der Waals surface area contributed by atoms with Gasteiger partial charge in [-0.3, -0.25) is 4.79 Å². The molecule has 33 heavy (non-hydrogen) atoms. The van der Waals surface area contributed by atoms with Gasteiger partial charge in [-0.1, -0.05) is 96.1 Å². The first-order chi connectivity index (χ1) is 15.4. The number of phenolic OH excluding ortho intramolecular Hbond substituents is 1. The molecule has 0 radical (unpaired) electrons. The van der Waals surface area contributed by atoms with Gasteiger partial charge in [-0.2, -0.15) is 0 Å².